The van der Waals surface area contributed by atoms with E-state index in [0.29, 0.717) is 6.42 Å². The van der Waals surface area contributed by atoms with Gasteiger partial charge in [0.2, 0.25) is 5.91 Å². The van der Waals surface area contributed by atoms with Crippen LogP contribution in [-0.4, -0.2) is 30.7 Å². The van der Waals surface area contributed by atoms with Crippen LogP contribution in [-0.2, 0) is 9.59 Å². The van der Waals surface area contributed by atoms with Crippen molar-refractivity contribution in [2.24, 2.45) is 10.8 Å². The topological polar surface area (TPSA) is 37.4 Å². The quantitative estimate of drug-likeness (QED) is 0.610. The van der Waals surface area contributed by atoms with Gasteiger partial charge in [0, 0.05) is 25.9 Å². The molecule has 1 saturated carbocycles. The lowest BCUT2D eigenvalue weighted by atomic mass is 9.50. The summed E-state index contributed by atoms with van der Waals surface area (Å²) in [5.41, 5.74) is -0.984. The van der Waals surface area contributed by atoms with Gasteiger partial charge in [0.25, 0.3) is 0 Å². The zero-order chi connectivity index (χ0) is 10.4. The van der Waals surface area contributed by atoms with E-state index in [1.54, 1.807) is 19.0 Å². The molecule has 1 aliphatic rings. The zero-order valence-electron chi connectivity index (χ0n) is 8.97. The largest absolute Gasteiger partial charge is 0.348 e. The number of hydrogen-bond acceptors (Lipinski definition) is 2. The molecule has 0 aromatic rings. The number of amides is 1. The maximum absolute atomic E-state index is 11.8. The SMILES string of the molecule is CN(C)C(=O)C1(C)CC(=O)C1(C)C. The maximum atomic E-state index is 11.8. The Morgan fingerprint density at radius 2 is 1.77 bits per heavy atom. The summed E-state index contributed by atoms with van der Waals surface area (Å²) in [6, 6.07) is 0. The molecule has 0 spiro atoms. The van der Waals surface area contributed by atoms with Crippen molar-refractivity contribution < 1.29 is 9.59 Å². The van der Waals surface area contributed by atoms with Gasteiger partial charge >= 0.3 is 0 Å². The Labute approximate surface area is 79.1 Å². The van der Waals surface area contributed by atoms with E-state index in [1.165, 1.54) is 0 Å². The fraction of sp³-hybridized carbons (Fsp3) is 0.800. The van der Waals surface area contributed by atoms with E-state index in [4.69, 9.17) is 0 Å². The Morgan fingerprint density at radius 1 is 1.31 bits per heavy atom. The van der Waals surface area contributed by atoms with Crippen molar-refractivity contribution >= 4 is 11.7 Å². The lowest BCUT2D eigenvalue weighted by molar-refractivity contribution is -0.170. The molecule has 1 amide bonds. The summed E-state index contributed by atoms with van der Waals surface area (Å²) in [4.78, 5) is 24.7. The highest BCUT2D eigenvalue weighted by atomic mass is 16.2. The third-order valence-electron chi connectivity index (χ3n) is 3.47. The summed E-state index contributed by atoms with van der Waals surface area (Å²) in [7, 11) is 3.46. The van der Waals surface area contributed by atoms with Crippen molar-refractivity contribution in [2.75, 3.05) is 14.1 Å². The second-order valence-corrected chi connectivity index (χ2v) is 4.76. The number of carbonyl (C=O) groups excluding carboxylic acids is 2. The molecule has 0 saturated heterocycles. The van der Waals surface area contributed by atoms with Gasteiger partial charge in [-0.2, -0.15) is 0 Å². The average molecular weight is 183 g/mol. The van der Waals surface area contributed by atoms with E-state index >= 15 is 0 Å². The van der Waals surface area contributed by atoms with Crippen molar-refractivity contribution in [1.82, 2.24) is 4.90 Å². The predicted octanol–water partition coefficient (Wildman–Crippen LogP) is 1.08. The van der Waals surface area contributed by atoms with Crippen LogP contribution in [0.2, 0.25) is 0 Å². The lowest BCUT2D eigenvalue weighted by Crippen LogP contribution is -2.61. The fourth-order valence-electron chi connectivity index (χ4n) is 1.80. The van der Waals surface area contributed by atoms with Crippen LogP contribution >= 0.6 is 0 Å². The van der Waals surface area contributed by atoms with Gasteiger partial charge in [0.15, 0.2) is 0 Å². The second kappa shape index (κ2) is 2.56. The average Bonchev–Trinajstić information content (AvgIpc) is 2.02. The number of Topliss-reactive ketones (excluding diaryl/α,β-unsaturated/α-hetero) is 1. The fourth-order valence-corrected chi connectivity index (χ4v) is 1.80. The molecular weight excluding hydrogens is 166 g/mol. The van der Waals surface area contributed by atoms with Crippen LogP contribution in [0.25, 0.3) is 0 Å². The minimum Gasteiger partial charge on any atom is -0.348 e. The number of rotatable bonds is 1. The van der Waals surface area contributed by atoms with E-state index in [1.807, 2.05) is 20.8 Å². The number of nitrogens with zero attached hydrogens (tertiary/aromatic N) is 1. The Kier molecular flexibility index (Phi) is 2.02. The number of ketones is 1. The van der Waals surface area contributed by atoms with Gasteiger partial charge in [-0.15, -0.1) is 0 Å². The zero-order valence-corrected chi connectivity index (χ0v) is 8.97. The molecule has 1 aliphatic carbocycles. The molecule has 1 rings (SSSR count). The molecule has 74 valence electrons. The van der Waals surface area contributed by atoms with Crippen LogP contribution in [0.3, 0.4) is 0 Å². The van der Waals surface area contributed by atoms with Crippen LogP contribution in [0.15, 0.2) is 0 Å². The number of hydrogen-bond donors (Lipinski definition) is 0. The van der Waals surface area contributed by atoms with E-state index in [0.717, 1.165) is 0 Å². The van der Waals surface area contributed by atoms with Crippen LogP contribution in [0, 0.1) is 10.8 Å². The Morgan fingerprint density at radius 3 is 2.00 bits per heavy atom. The minimum absolute atomic E-state index is 0.0529. The lowest BCUT2D eigenvalue weighted by Gasteiger charge is -2.51. The highest BCUT2D eigenvalue weighted by Crippen LogP contribution is 2.53. The molecule has 3 heteroatoms. The predicted molar refractivity (Wildman–Crippen MR) is 50.2 cm³/mol. The third-order valence-corrected chi connectivity index (χ3v) is 3.47. The third kappa shape index (κ3) is 1.10. The molecule has 1 unspecified atom stereocenters. The molecule has 0 bridgehead atoms. The summed E-state index contributed by atoms with van der Waals surface area (Å²) in [6.07, 6.45) is 0.386. The summed E-state index contributed by atoms with van der Waals surface area (Å²) in [6.45, 7) is 5.57. The van der Waals surface area contributed by atoms with Crippen molar-refractivity contribution in [2.45, 2.75) is 27.2 Å². The molecule has 3 nitrogen and oxygen atoms in total. The van der Waals surface area contributed by atoms with Gasteiger partial charge in [-0.05, 0) is 6.92 Å². The monoisotopic (exact) mass is 183 g/mol. The summed E-state index contributed by atoms with van der Waals surface area (Å²) in [5, 5.41) is 0. The van der Waals surface area contributed by atoms with E-state index in [-0.39, 0.29) is 11.7 Å². The van der Waals surface area contributed by atoms with Crippen LogP contribution < -0.4 is 0 Å². The van der Waals surface area contributed by atoms with E-state index in [2.05, 4.69) is 0 Å². The molecular formula is C10H17NO2. The Hall–Kier alpha value is -0.860. The molecule has 0 heterocycles. The normalized spacial score (nSPS) is 31.0. The van der Waals surface area contributed by atoms with Gasteiger partial charge in [-0.3, -0.25) is 9.59 Å². The van der Waals surface area contributed by atoms with Gasteiger partial charge < -0.3 is 4.90 Å². The first-order chi connectivity index (χ1) is 5.73. The van der Waals surface area contributed by atoms with Crippen LogP contribution in [0.1, 0.15) is 27.2 Å². The number of carbonyl (C=O) groups is 2. The highest BCUT2D eigenvalue weighted by Gasteiger charge is 2.61. The van der Waals surface area contributed by atoms with Crippen molar-refractivity contribution in [3.8, 4) is 0 Å². The first-order valence-corrected chi connectivity index (χ1v) is 4.48. The molecule has 1 fully saturated rings. The molecule has 0 aromatic carbocycles. The molecule has 13 heavy (non-hydrogen) atoms. The first-order valence-electron chi connectivity index (χ1n) is 4.48. The Bertz CT molecular complexity index is 268. The maximum Gasteiger partial charge on any atom is 0.229 e. The van der Waals surface area contributed by atoms with Crippen LogP contribution in [0.5, 0.6) is 0 Å². The van der Waals surface area contributed by atoms with Crippen molar-refractivity contribution in [3.63, 3.8) is 0 Å². The highest BCUT2D eigenvalue weighted by molar-refractivity contribution is 6.03. The molecule has 0 aliphatic heterocycles. The molecule has 0 aromatic heterocycles. The molecule has 0 N–H and O–H groups in total. The van der Waals surface area contributed by atoms with E-state index < -0.39 is 10.8 Å². The van der Waals surface area contributed by atoms with Crippen LogP contribution in [0.4, 0.5) is 0 Å². The van der Waals surface area contributed by atoms with Gasteiger partial charge in [0.05, 0.1) is 5.41 Å². The van der Waals surface area contributed by atoms with Crippen molar-refractivity contribution in [1.29, 1.82) is 0 Å². The standard InChI is InChI=1S/C10H17NO2/c1-9(2)7(12)6-10(9,3)8(13)11(4)5/h6H2,1-5H3. The summed E-state index contributed by atoms with van der Waals surface area (Å²) < 4.78 is 0. The summed E-state index contributed by atoms with van der Waals surface area (Å²) in [5.74, 6) is 0.238. The minimum atomic E-state index is -0.492. The summed E-state index contributed by atoms with van der Waals surface area (Å²) >= 11 is 0. The Balaban J connectivity index is 2.93. The second-order valence-electron chi connectivity index (χ2n) is 4.76. The van der Waals surface area contributed by atoms with Gasteiger partial charge in [-0.25, -0.2) is 0 Å². The van der Waals surface area contributed by atoms with Gasteiger partial charge in [0.1, 0.15) is 5.78 Å². The van der Waals surface area contributed by atoms with Crippen molar-refractivity contribution in [3.05, 3.63) is 0 Å². The van der Waals surface area contributed by atoms with E-state index in [9.17, 15) is 9.59 Å². The smallest absolute Gasteiger partial charge is 0.229 e. The first kappa shape index (κ1) is 10.2. The molecule has 0 radical (unpaired) electrons. The molecule has 1 atom stereocenters. The van der Waals surface area contributed by atoms with Gasteiger partial charge in [-0.1, -0.05) is 13.8 Å².